The number of carbonyl (C=O) groups excluding carboxylic acids is 1. The Labute approximate surface area is 212 Å². The zero-order valence-corrected chi connectivity index (χ0v) is 21.0. The van der Waals surface area contributed by atoms with E-state index in [2.05, 4.69) is 8.75 Å². The molecular weight excluding hydrogens is 480 g/mol. The number of carboxylic acid groups (broad SMARTS) is 1. The molecule has 0 bridgehead atoms. The molecule has 0 radical (unpaired) electrons. The van der Waals surface area contributed by atoms with E-state index in [0.29, 0.717) is 33.8 Å². The number of hydrogen-bond donors (Lipinski definition) is 1. The van der Waals surface area contributed by atoms with Gasteiger partial charge in [-0.25, -0.2) is 4.79 Å². The van der Waals surface area contributed by atoms with Crippen LogP contribution in [-0.2, 0) is 11.2 Å². The molecule has 0 aliphatic carbocycles. The SMILES string of the molecule is COc1cc(C(=O)C(Cc2ccc(C)cc2)=C(C(=O)O)c2ccc3nsnc3c2)cc(OC)c1OC. The van der Waals surface area contributed by atoms with Gasteiger partial charge in [0.05, 0.1) is 38.6 Å². The molecule has 184 valence electrons. The van der Waals surface area contributed by atoms with E-state index in [9.17, 15) is 14.7 Å². The fraction of sp³-hybridized carbons (Fsp3) is 0.185. The second-order valence-electron chi connectivity index (χ2n) is 8.03. The molecular formula is C27H24N2O6S. The summed E-state index contributed by atoms with van der Waals surface area (Å²) >= 11 is 1.04. The number of Topliss-reactive ketones (excluding diaryl/α,β-unsaturated/α-hetero) is 1. The molecule has 1 N–H and O–H groups in total. The van der Waals surface area contributed by atoms with Gasteiger partial charge >= 0.3 is 5.97 Å². The molecule has 36 heavy (non-hydrogen) atoms. The number of hydrogen-bond acceptors (Lipinski definition) is 8. The van der Waals surface area contributed by atoms with Gasteiger partial charge in [0.25, 0.3) is 0 Å². The molecule has 0 aliphatic heterocycles. The van der Waals surface area contributed by atoms with Crippen molar-refractivity contribution in [2.45, 2.75) is 13.3 Å². The van der Waals surface area contributed by atoms with E-state index in [1.165, 1.54) is 33.5 Å². The number of fused-ring (bicyclic) bond motifs is 1. The molecule has 3 aromatic carbocycles. The molecule has 0 aliphatic rings. The number of aliphatic carboxylic acids is 1. The fourth-order valence-corrected chi connectivity index (χ4v) is 4.46. The maximum atomic E-state index is 14.0. The number of ether oxygens (including phenoxy) is 3. The number of methoxy groups -OCH3 is 3. The molecule has 4 aromatic rings. The summed E-state index contributed by atoms with van der Waals surface area (Å²) in [6.07, 6.45) is 0.102. The van der Waals surface area contributed by atoms with Crippen molar-refractivity contribution >= 4 is 40.1 Å². The lowest BCUT2D eigenvalue weighted by Crippen LogP contribution is -2.14. The maximum absolute atomic E-state index is 14.0. The molecule has 0 spiro atoms. The van der Waals surface area contributed by atoms with Gasteiger partial charge in [-0.1, -0.05) is 35.9 Å². The van der Waals surface area contributed by atoms with Gasteiger partial charge in [0.2, 0.25) is 5.75 Å². The molecule has 0 saturated heterocycles. The van der Waals surface area contributed by atoms with Gasteiger partial charge in [-0.05, 0) is 42.3 Å². The van der Waals surface area contributed by atoms with Gasteiger partial charge in [0.15, 0.2) is 17.3 Å². The van der Waals surface area contributed by atoms with E-state index >= 15 is 0 Å². The smallest absolute Gasteiger partial charge is 0.336 e. The average molecular weight is 505 g/mol. The molecule has 8 nitrogen and oxygen atoms in total. The standard InChI is InChI=1S/C27H24N2O6S/c1-15-5-7-16(8-6-15)11-19(24(27(31)32)17-9-10-20-21(12-17)29-36-28-20)25(30)18-13-22(33-2)26(35-4)23(14-18)34-3/h5-10,12-14H,11H2,1-4H3,(H,31,32). The number of allylic oxidation sites excluding steroid dienone is 1. The zero-order chi connectivity index (χ0) is 25.8. The summed E-state index contributed by atoms with van der Waals surface area (Å²) in [7, 11) is 4.37. The highest BCUT2D eigenvalue weighted by Crippen LogP contribution is 2.39. The van der Waals surface area contributed by atoms with E-state index in [1.807, 2.05) is 31.2 Å². The summed E-state index contributed by atoms with van der Waals surface area (Å²) in [4.78, 5) is 26.6. The van der Waals surface area contributed by atoms with Gasteiger partial charge in [-0.2, -0.15) is 8.75 Å². The van der Waals surface area contributed by atoms with Crippen molar-refractivity contribution in [3.05, 3.63) is 82.4 Å². The molecule has 0 fully saturated rings. The largest absolute Gasteiger partial charge is 0.493 e. The molecule has 0 amide bonds. The van der Waals surface area contributed by atoms with Crippen molar-refractivity contribution in [1.82, 2.24) is 8.75 Å². The lowest BCUT2D eigenvalue weighted by molar-refractivity contribution is -0.130. The second-order valence-corrected chi connectivity index (χ2v) is 8.56. The summed E-state index contributed by atoms with van der Waals surface area (Å²) in [6.45, 7) is 1.96. The Morgan fingerprint density at radius 3 is 2.06 bits per heavy atom. The second kappa shape index (κ2) is 10.6. The Balaban J connectivity index is 1.95. The van der Waals surface area contributed by atoms with Crippen molar-refractivity contribution in [2.24, 2.45) is 0 Å². The highest BCUT2D eigenvalue weighted by atomic mass is 32.1. The first-order chi connectivity index (χ1) is 17.4. The van der Waals surface area contributed by atoms with Gasteiger partial charge < -0.3 is 19.3 Å². The van der Waals surface area contributed by atoms with Crippen LogP contribution >= 0.6 is 11.7 Å². The van der Waals surface area contributed by atoms with E-state index in [-0.39, 0.29) is 23.1 Å². The predicted octanol–water partition coefficient (Wildman–Crippen LogP) is 4.99. The number of benzene rings is 3. The summed E-state index contributed by atoms with van der Waals surface area (Å²) < 4.78 is 24.6. The van der Waals surface area contributed by atoms with E-state index in [4.69, 9.17) is 14.2 Å². The van der Waals surface area contributed by atoms with Crippen LogP contribution in [0.2, 0.25) is 0 Å². The van der Waals surface area contributed by atoms with Gasteiger partial charge in [0, 0.05) is 17.6 Å². The normalized spacial score (nSPS) is 11.7. The van der Waals surface area contributed by atoms with Crippen molar-refractivity contribution in [2.75, 3.05) is 21.3 Å². The Kier molecular flexibility index (Phi) is 7.30. The van der Waals surface area contributed by atoms with Gasteiger partial charge in [0.1, 0.15) is 11.0 Å². The molecule has 0 unspecified atom stereocenters. The Bertz CT molecular complexity index is 1450. The van der Waals surface area contributed by atoms with Crippen LogP contribution in [0.15, 0.2) is 60.2 Å². The van der Waals surface area contributed by atoms with Crippen molar-refractivity contribution < 1.29 is 28.9 Å². The summed E-state index contributed by atoms with van der Waals surface area (Å²) in [5.74, 6) is -0.770. The predicted molar refractivity (Wildman–Crippen MR) is 137 cm³/mol. The van der Waals surface area contributed by atoms with Crippen molar-refractivity contribution in [3.8, 4) is 17.2 Å². The first-order valence-corrected chi connectivity index (χ1v) is 11.7. The van der Waals surface area contributed by atoms with Crippen LogP contribution in [0.4, 0.5) is 0 Å². The van der Waals surface area contributed by atoms with Crippen molar-refractivity contribution in [1.29, 1.82) is 0 Å². The quantitative estimate of drug-likeness (QED) is 0.251. The molecule has 9 heteroatoms. The van der Waals surface area contributed by atoms with Crippen LogP contribution in [0, 0.1) is 6.92 Å². The van der Waals surface area contributed by atoms with Crippen LogP contribution in [0.1, 0.15) is 27.0 Å². The van der Waals surface area contributed by atoms with Crippen LogP contribution < -0.4 is 14.2 Å². The van der Waals surface area contributed by atoms with Crippen LogP contribution in [0.25, 0.3) is 16.6 Å². The minimum absolute atomic E-state index is 0.102. The first-order valence-electron chi connectivity index (χ1n) is 11.0. The number of aryl methyl sites for hydroxylation is 1. The first kappa shape index (κ1) is 24.9. The fourth-order valence-electron chi connectivity index (χ4n) is 3.94. The summed E-state index contributed by atoms with van der Waals surface area (Å²) in [5, 5.41) is 10.3. The topological polar surface area (TPSA) is 108 Å². The highest BCUT2D eigenvalue weighted by Gasteiger charge is 2.26. The number of carbonyl (C=O) groups is 2. The monoisotopic (exact) mass is 504 g/mol. The van der Waals surface area contributed by atoms with Crippen LogP contribution in [0.5, 0.6) is 17.2 Å². The lowest BCUT2D eigenvalue weighted by Gasteiger charge is -2.16. The third-order valence-electron chi connectivity index (χ3n) is 5.76. The molecule has 1 aromatic heterocycles. The van der Waals surface area contributed by atoms with E-state index in [1.54, 1.807) is 18.2 Å². The molecule has 0 saturated carbocycles. The average Bonchev–Trinajstić information content (AvgIpc) is 3.36. The molecule has 1 heterocycles. The number of aromatic nitrogens is 2. The third kappa shape index (κ3) is 4.92. The van der Waals surface area contributed by atoms with Gasteiger partial charge in [-0.3, -0.25) is 4.79 Å². The summed E-state index contributed by atoms with van der Waals surface area (Å²) in [5.41, 5.74) is 3.65. The van der Waals surface area contributed by atoms with E-state index < -0.39 is 11.8 Å². The number of carboxylic acids is 1. The number of ketones is 1. The highest BCUT2D eigenvalue weighted by molar-refractivity contribution is 7.00. The summed E-state index contributed by atoms with van der Waals surface area (Å²) in [6, 6.07) is 15.6. The van der Waals surface area contributed by atoms with Gasteiger partial charge in [-0.15, -0.1) is 0 Å². The van der Waals surface area contributed by atoms with E-state index in [0.717, 1.165) is 22.9 Å². The molecule has 0 atom stereocenters. The van der Waals surface area contributed by atoms with Crippen molar-refractivity contribution in [3.63, 3.8) is 0 Å². The number of nitrogens with zero attached hydrogens (tertiary/aromatic N) is 2. The molecule has 4 rings (SSSR count). The third-order valence-corrected chi connectivity index (χ3v) is 6.32. The Morgan fingerprint density at radius 2 is 1.47 bits per heavy atom. The number of rotatable bonds is 9. The minimum atomic E-state index is -1.22. The maximum Gasteiger partial charge on any atom is 0.336 e. The Hall–Kier alpha value is -4.24. The Morgan fingerprint density at radius 1 is 0.833 bits per heavy atom. The van der Waals surface area contributed by atoms with Crippen LogP contribution in [0.3, 0.4) is 0 Å². The minimum Gasteiger partial charge on any atom is -0.493 e. The van der Waals surface area contributed by atoms with Crippen LogP contribution in [-0.4, -0.2) is 46.9 Å². The lowest BCUT2D eigenvalue weighted by atomic mass is 9.89. The zero-order valence-electron chi connectivity index (χ0n) is 20.2.